The fourth-order valence-electron chi connectivity index (χ4n) is 4.76. The maximum atomic E-state index is 7.08. The van der Waals surface area contributed by atoms with Crippen molar-refractivity contribution >= 4 is 22.7 Å². The highest BCUT2D eigenvalue weighted by Gasteiger charge is 2.38. The Kier molecular flexibility index (Phi) is 3.43. The van der Waals surface area contributed by atoms with E-state index in [0.29, 0.717) is 11.6 Å². The van der Waals surface area contributed by atoms with Gasteiger partial charge >= 0.3 is 0 Å². The van der Waals surface area contributed by atoms with Crippen LogP contribution in [-0.4, -0.2) is 26.2 Å². The van der Waals surface area contributed by atoms with E-state index >= 15 is 0 Å². The molecule has 1 saturated heterocycles. The highest BCUT2D eigenvalue weighted by molar-refractivity contribution is 5.73. The molecule has 25 heavy (non-hydrogen) atoms. The van der Waals surface area contributed by atoms with Crippen LogP contribution in [0, 0.1) is 12.5 Å². The number of nitrogens with one attached hydrogen (secondary N) is 2. The Hall–Kier alpha value is -2.51. The molecule has 3 aliphatic heterocycles. The second-order valence-corrected chi connectivity index (χ2v) is 7.43. The maximum Gasteiger partial charge on any atom is 0.187 e. The summed E-state index contributed by atoms with van der Waals surface area (Å²) in [6.45, 7) is 11.7. The van der Waals surface area contributed by atoms with E-state index in [1.807, 2.05) is 24.3 Å². The average molecular weight is 330 g/mol. The monoisotopic (exact) mass is 330 g/mol. The molecule has 3 heterocycles. The van der Waals surface area contributed by atoms with Crippen molar-refractivity contribution in [2.45, 2.75) is 18.8 Å². The Balaban J connectivity index is 1.53. The topological polar surface area (TPSA) is 31.7 Å². The minimum Gasteiger partial charge on any atom is -0.371 e. The highest BCUT2D eigenvalue weighted by Crippen LogP contribution is 2.46. The predicted molar refractivity (Wildman–Crippen MR) is 102 cm³/mol. The smallest absolute Gasteiger partial charge is 0.187 e. The summed E-state index contributed by atoms with van der Waals surface area (Å²) in [5, 5.41) is 7.15. The van der Waals surface area contributed by atoms with Crippen molar-refractivity contribution in [2.75, 3.05) is 36.4 Å². The van der Waals surface area contributed by atoms with E-state index in [2.05, 4.69) is 32.5 Å². The first-order chi connectivity index (χ1) is 12.3. The summed E-state index contributed by atoms with van der Waals surface area (Å²) in [4.78, 5) is 6.09. The van der Waals surface area contributed by atoms with Crippen LogP contribution < -0.4 is 15.5 Å². The number of fused-ring (bicyclic) bond motifs is 2. The first-order valence-electron chi connectivity index (χ1n) is 9.19. The summed E-state index contributed by atoms with van der Waals surface area (Å²) in [6.07, 6.45) is 2.43. The number of aryl methyl sites for hydroxylation is 1. The summed E-state index contributed by atoms with van der Waals surface area (Å²) in [5.41, 5.74) is 7.45. The molecule has 2 N–H and O–H groups in total. The minimum atomic E-state index is 0.648. The molecule has 0 saturated carbocycles. The summed E-state index contributed by atoms with van der Waals surface area (Å²) in [6, 6.07) is 12.4. The first-order valence-corrected chi connectivity index (χ1v) is 9.19. The number of nitrogens with zero attached hydrogens (tertiary/aromatic N) is 2. The quantitative estimate of drug-likeness (QED) is 0.815. The van der Waals surface area contributed by atoms with Gasteiger partial charge in [0.2, 0.25) is 0 Å². The molecule has 0 aromatic heterocycles. The third-order valence-electron chi connectivity index (χ3n) is 5.89. The van der Waals surface area contributed by atoms with Crippen molar-refractivity contribution in [1.82, 2.24) is 5.32 Å². The summed E-state index contributed by atoms with van der Waals surface area (Å²) < 4.78 is 0. The van der Waals surface area contributed by atoms with Gasteiger partial charge in [-0.15, -0.1) is 0 Å². The molecule has 4 nitrogen and oxygen atoms in total. The molecular formula is C21H22N4. The number of benzene rings is 2. The lowest BCUT2D eigenvalue weighted by Gasteiger charge is -2.42. The van der Waals surface area contributed by atoms with Crippen LogP contribution >= 0.6 is 0 Å². The Morgan fingerprint density at radius 3 is 2.84 bits per heavy atom. The van der Waals surface area contributed by atoms with Crippen LogP contribution in [-0.2, 0) is 6.42 Å². The molecule has 126 valence electrons. The van der Waals surface area contributed by atoms with E-state index in [-0.39, 0.29) is 0 Å². The number of rotatable bonds is 2. The standard InChI is InChI=1S/C21H22N4/c1-22-16-4-6-17(7-5-16)24-18-9-14-3-2-8-25-13-15-11-23-12-20(15)19(10-18)21(14)25/h4-7,9-10,15,20,23-24H,2-3,8,11-13H2/t15-,20-/m1/s1. The maximum absolute atomic E-state index is 7.08. The van der Waals surface area contributed by atoms with Crippen LogP contribution in [0.4, 0.5) is 22.7 Å². The normalized spacial score (nSPS) is 23.6. The van der Waals surface area contributed by atoms with Crippen LogP contribution in [0.1, 0.15) is 23.5 Å². The van der Waals surface area contributed by atoms with Crippen LogP contribution in [0.3, 0.4) is 0 Å². The zero-order valence-electron chi connectivity index (χ0n) is 14.3. The molecule has 4 heteroatoms. The molecule has 0 unspecified atom stereocenters. The Bertz CT molecular complexity index is 849. The third kappa shape index (κ3) is 2.47. The van der Waals surface area contributed by atoms with Gasteiger partial charge < -0.3 is 15.5 Å². The zero-order chi connectivity index (χ0) is 16.8. The largest absolute Gasteiger partial charge is 0.371 e. The number of anilines is 3. The summed E-state index contributed by atoms with van der Waals surface area (Å²) in [7, 11) is 0. The zero-order valence-corrected chi connectivity index (χ0v) is 14.3. The Morgan fingerprint density at radius 2 is 2.00 bits per heavy atom. The van der Waals surface area contributed by atoms with E-state index in [1.54, 1.807) is 0 Å². The number of hydrogen-bond donors (Lipinski definition) is 2. The molecule has 0 amide bonds. The highest BCUT2D eigenvalue weighted by atomic mass is 15.2. The van der Waals surface area contributed by atoms with Crippen LogP contribution in [0.2, 0.25) is 0 Å². The molecule has 2 aromatic carbocycles. The molecule has 1 fully saturated rings. The van der Waals surface area contributed by atoms with Gasteiger partial charge in [-0.05, 0) is 54.2 Å². The molecule has 5 rings (SSSR count). The van der Waals surface area contributed by atoms with Crippen molar-refractivity contribution in [1.29, 1.82) is 0 Å². The second-order valence-electron chi connectivity index (χ2n) is 7.43. The Morgan fingerprint density at radius 1 is 1.12 bits per heavy atom. The van der Waals surface area contributed by atoms with Gasteiger partial charge in [0.25, 0.3) is 0 Å². The van der Waals surface area contributed by atoms with E-state index in [9.17, 15) is 0 Å². The molecule has 0 aliphatic carbocycles. The van der Waals surface area contributed by atoms with Crippen LogP contribution in [0.25, 0.3) is 4.85 Å². The van der Waals surface area contributed by atoms with Gasteiger partial charge in [0, 0.05) is 49.2 Å². The molecule has 2 aromatic rings. The van der Waals surface area contributed by atoms with Gasteiger partial charge in [-0.3, -0.25) is 0 Å². The van der Waals surface area contributed by atoms with Crippen molar-refractivity contribution in [3.05, 3.63) is 58.9 Å². The third-order valence-corrected chi connectivity index (χ3v) is 5.89. The van der Waals surface area contributed by atoms with Gasteiger partial charge in [-0.1, -0.05) is 12.1 Å². The summed E-state index contributed by atoms with van der Waals surface area (Å²) >= 11 is 0. The van der Waals surface area contributed by atoms with Crippen molar-refractivity contribution in [2.24, 2.45) is 5.92 Å². The average Bonchev–Trinajstić information content (AvgIpc) is 3.11. The van der Waals surface area contributed by atoms with Gasteiger partial charge in [-0.25, -0.2) is 4.85 Å². The number of hydrogen-bond acceptors (Lipinski definition) is 3. The van der Waals surface area contributed by atoms with Crippen LogP contribution in [0.5, 0.6) is 0 Å². The van der Waals surface area contributed by atoms with E-state index in [0.717, 1.165) is 24.7 Å². The SMILES string of the molecule is [C-]#[N+]c1ccc(Nc2cc3c4c(c2)[C@@H]2CNC[C@@H]2CN4CCC3)cc1. The molecule has 3 aliphatic rings. The molecule has 2 atom stereocenters. The molecule has 0 radical (unpaired) electrons. The Labute approximate surface area is 148 Å². The molecular weight excluding hydrogens is 308 g/mol. The lowest BCUT2D eigenvalue weighted by molar-refractivity contribution is 0.470. The van der Waals surface area contributed by atoms with Gasteiger partial charge in [0.1, 0.15) is 0 Å². The fourth-order valence-corrected chi connectivity index (χ4v) is 4.76. The first kappa shape index (κ1) is 14.8. The molecule has 0 spiro atoms. The van der Waals surface area contributed by atoms with E-state index in [4.69, 9.17) is 6.57 Å². The fraction of sp³-hybridized carbons (Fsp3) is 0.381. The van der Waals surface area contributed by atoms with Crippen molar-refractivity contribution < 1.29 is 0 Å². The predicted octanol–water partition coefficient (Wildman–Crippen LogP) is 4.05. The van der Waals surface area contributed by atoms with Gasteiger partial charge in [0.15, 0.2) is 5.69 Å². The lowest BCUT2D eigenvalue weighted by atomic mass is 9.80. The lowest BCUT2D eigenvalue weighted by Crippen LogP contribution is -2.40. The van der Waals surface area contributed by atoms with E-state index < -0.39 is 0 Å². The van der Waals surface area contributed by atoms with Crippen LogP contribution in [0.15, 0.2) is 36.4 Å². The van der Waals surface area contributed by atoms with Gasteiger partial charge in [0.05, 0.1) is 6.57 Å². The van der Waals surface area contributed by atoms with E-state index in [1.165, 1.54) is 48.4 Å². The van der Waals surface area contributed by atoms with Crippen molar-refractivity contribution in [3.63, 3.8) is 0 Å². The summed E-state index contributed by atoms with van der Waals surface area (Å²) in [5.74, 6) is 1.39. The van der Waals surface area contributed by atoms with Crippen molar-refractivity contribution in [3.8, 4) is 0 Å². The molecule has 0 bridgehead atoms. The second kappa shape index (κ2) is 5.79. The van der Waals surface area contributed by atoms with Gasteiger partial charge in [-0.2, -0.15) is 0 Å². The minimum absolute atomic E-state index is 0.648.